The van der Waals surface area contributed by atoms with Crippen LogP contribution in [-0.4, -0.2) is 28.7 Å². The first kappa shape index (κ1) is 16.9. The van der Waals surface area contributed by atoms with Gasteiger partial charge in [-0.2, -0.15) is 0 Å². The van der Waals surface area contributed by atoms with Gasteiger partial charge in [0.05, 0.1) is 11.1 Å². The Morgan fingerprint density at radius 2 is 1.74 bits per heavy atom. The Hall–Kier alpha value is -2.47. The smallest absolute Gasteiger partial charge is 0.336 e. The summed E-state index contributed by atoms with van der Waals surface area (Å²) in [5.41, 5.74) is 1.15. The molecule has 2 aromatic rings. The number of anilines is 1. The zero-order valence-corrected chi connectivity index (χ0v) is 13.4. The van der Waals surface area contributed by atoms with Crippen LogP contribution in [-0.2, 0) is 0 Å². The van der Waals surface area contributed by atoms with Gasteiger partial charge < -0.3 is 15.5 Å². The Balaban J connectivity index is 2.25. The van der Waals surface area contributed by atoms with Gasteiger partial charge in [0.15, 0.2) is 0 Å². The van der Waals surface area contributed by atoms with E-state index in [4.69, 9.17) is 5.11 Å². The van der Waals surface area contributed by atoms with Gasteiger partial charge in [-0.15, -0.1) is 0 Å². The third kappa shape index (κ3) is 4.50. The van der Waals surface area contributed by atoms with Crippen LogP contribution in [0.5, 0.6) is 0 Å². The van der Waals surface area contributed by atoms with Crippen LogP contribution in [0.15, 0.2) is 52.3 Å². The van der Waals surface area contributed by atoms with Crippen LogP contribution in [0.2, 0.25) is 0 Å². The van der Waals surface area contributed by atoms with E-state index in [1.165, 1.54) is 30.0 Å². The highest BCUT2D eigenvalue weighted by molar-refractivity contribution is 7.99. The molecule has 0 bridgehead atoms. The van der Waals surface area contributed by atoms with Crippen molar-refractivity contribution in [1.82, 2.24) is 0 Å². The van der Waals surface area contributed by atoms with Gasteiger partial charge >= 0.3 is 11.9 Å². The Labute approximate surface area is 138 Å². The summed E-state index contributed by atoms with van der Waals surface area (Å²) in [6.07, 6.45) is 1.03. The number of rotatable bonds is 7. The fourth-order valence-electron chi connectivity index (χ4n) is 1.95. The summed E-state index contributed by atoms with van der Waals surface area (Å²) in [6.45, 7) is 2.97. The molecular weight excluding hydrogens is 314 g/mol. The van der Waals surface area contributed by atoms with Gasteiger partial charge in [-0.05, 0) is 48.9 Å². The highest BCUT2D eigenvalue weighted by atomic mass is 32.2. The van der Waals surface area contributed by atoms with Gasteiger partial charge in [0, 0.05) is 22.0 Å². The van der Waals surface area contributed by atoms with Crippen LogP contribution in [0.1, 0.15) is 34.1 Å². The molecule has 0 spiro atoms. The lowest BCUT2D eigenvalue weighted by atomic mass is 10.1. The molecule has 5 nitrogen and oxygen atoms in total. The average molecular weight is 331 g/mol. The molecule has 0 aliphatic rings. The summed E-state index contributed by atoms with van der Waals surface area (Å²) in [6, 6.07) is 11.6. The van der Waals surface area contributed by atoms with Gasteiger partial charge in [0.25, 0.3) is 0 Å². The second-order valence-corrected chi connectivity index (χ2v) is 5.99. The summed E-state index contributed by atoms with van der Waals surface area (Å²) in [7, 11) is 0. The van der Waals surface area contributed by atoms with Crippen molar-refractivity contribution in [2.24, 2.45) is 0 Å². The minimum Gasteiger partial charge on any atom is -0.478 e. The van der Waals surface area contributed by atoms with E-state index >= 15 is 0 Å². The predicted octanol–water partition coefficient (Wildman–Crippen LogP) is 4.06. The molecule has 23 heavy (non-hydrogen) atoms. The van der Waals surface area contributed by atoms with Gasteiger partial charge in [-0.1, -0.05) is 18.7 Å². The maximum Gasteiger partial charge on any atom is 0.336 e. The highest BCUT2D eigenvalue weighted by Gasteiger charge is 2.14. The normalized spacial score (nSPS) is 10.3. The number of hydrogen-bond acceptors (Lipinski definition) is 4. The highest BCUT2D eigenvalue weighted by Crippen LogP contribution is 2.32. The van der Waals surface area contributed by atoms with Crippen LogP contribution < -0.4 is 5.32 Å². The number of benzene rings is 2. The van der Waals surface area contributed by atoms with Gasteiger partial charge in [0.1, 0.15) is 0 Å². The standard InChI is InChI=1S/C17H17NO4S/c1-2-9-18-12-4-6-13(7-5-12)23-15-10-11(16(19)20)3-8-14(15)17(21)22/h3-8,10,18H,2,9H2,1H3,(H,19,20)(H,21,22). The first-order valence-corrected chi connectivity index (χ1v) is 7.95. The van der Waals surface area contributed by atoms with Crippen LogP contribution in [0.3, 0.4) is 0 Å². The monoisotopic (exact) mass is 331 g/mol. The average Bonchev–Trinajstić information content (AvgIpc) is 2.54. The Kier molecular flexibility index (Phi) is 5.65. The zero-order chi connectivity index (χ0) is 16.8. The third-order valence-electron chi connectivity index (χ3n) is 3.12. The predicted molar refractivity (Wildman–Crippen MR) is 89.7 cm³/mol. The topological polar surface area (TPSA) is 86.6 Å². The van der Waals surface area contributed by atoms with E-state index in [2.05, 4.69) is 12.2 Å². The zero-order valence-electron chi connectivity index (χ0n) is 12.6. The van der Waals surface area contributed by atoms with E-state index in [1.807, 2.05) is 24.3 Å². The van der Waals surface area contributed by atoms with E-state index in [0.29, 0.717) is 4.90 Å². The molecule has 0 saturated carbocycles. The maximum absolute atomic E-state index is 11.3. The molecule has 0 fully saturated rings. The number of carbonyl (C=O) groups is 2. The molecule has 0 radical (unpaired) electrons. The van der Waals surface area contributed by atoms with Crippen molar-refractivity contribution in [3.8, 4) is 0 Å². The molecule has 0 aliphatic carbocycles. The summed E-state index contributed by atoms with van der Waals surface area (Å²) in [5, 5.41) is 21.6. The second-order valence-electron chi connectivity index (χ2n) is 4.87. The third-order valence-corrected chi connectivity index (χ3v) is 4.19. The summed E-state index contributed by atoms with van der Waals surface area (Å²) in [4.78, 5) is 23.6. The van der Waals surface area contributed by atoms with Crippen LogP contribution >= 0.6 is 11.8 Å². The molecule has 2 rings (SSSR count). The lowest BCUT2D eigenvalue weighted by Gasteiger charge is -2.09. The number of aromatic carboxylic acids is 2. The lowest BCUT2D eigenvalue weighted by Crippen LogP contribution is -2.03. The van der Waals surface area contributed by atoms with E-state index in [-0.39, 0.29) is 11.1 Å². The van der Waals surface area contributed by atoms with Crippen LogP contribution in [0, 0.1) is 0 Å². The van der Waals surface area contributed by atoms with Crippen molar-refractivity contribution >= 4 is 29.4 Å². The molecule has 2 aromatic carbocycles. The molecule has 0 atom stereocenters. The van der Waals surface area contributed by atoms with E-state index < -0.39 is 11.9 Å². The number of carboxylic acid groups (broad SMARTS) is 2. The molecular formula is C17H17NO4S. The Bertz CT molecular complexity index is 713. The van der Waals surface area contributed by atoms with Crippen molar-refractivity contribution in [3.63, 3.8) is 0 Å². The fourth-order valence-corrected chi connectivity index (χ4v) is 2.93. The maximum atomic E-state index is 11.3. The lowest BCUT2D eigenvalue weighted by molar-refractivity contribution is 0.0678. The largest absolute Gasteiger partial charge is 0.478 e. The molecule has 0 unspecified atom stereocenters. The quantitative estimate of drug-likeness (QED) is 0.709. The van der Waals surface area contributed by atoms with Crippen LogP contribution in [0.25, 0.3) is 0 Å². The molecule has 120 valence electrons. The van der Waals surface area contributed by atoms with Gasteiger partial charge in [-0.3, -0.25) is 0 Å². The summed E-state index contributed by atoms with van der Waals surface area (Å²) in [5.74, 6) is -2.16. The molecule has 0 aliphatic heterocycles. The SMILES string of the molecule is CCCNc1ccc(Sc2cc(C(=O)O)ccc2C(=O)O)cc1. The first-order chi connectivity index (χ1) is 11.0. The van der Waals surface area contributed by atoms with E-state index in [0.717, 1.165) is 23.5 Å². The van der Waals surface area contributed by atoms with Gasteiger partial charge in [-0.25, -0.2) is 9.59 Å². The van der Waals surface area contributed by atoms with Crippen molar-refractivity contribution in [2.75, 3.05) is 11.9 Å². The molecule has 3 N–H and O–H groups in total. The van der Waals surface area contributed by atoms with Crippen molar-refractivity contribution < 1.29 is 19.8 Å². The first-order valence-electron chi connectivity index (χ1n) is 7.13. The molecule has 0 amide bonds. The van der Waals surface area contributed by atoms with Crippen LogP contribution in [0.4, 0.5) is 5.69 Å². The van der Waals surface area contributed by atoms with Crippen molar-refractivity contribution in [1.29, 1.82) is 0 Å². The molecule has 0 aromatic heterocycles. The number of hydrogen-bond donors (Lipinski definition) is 3. The fraction of sp³-hybridized carbons (Fsp3) is 0.176. The molecule has 6 heteroatoms. The molecule has 0 saturated heterocycles. The van der Waals surface area contributed by atoms with Gasteiger partial charge in [0.2, 0.25) is 0 Å². The minimum atomic E-state index is -1.08. The number of nitrogens with one attached hydrogen (secondary N) is 1. The Morgan fingerprint density at radius 1 is 1.04 bits per heavy atom. The minimum absolute atomic E-state index is 0.0683. The van der Waals surface area contributed by atoms with Crippen molar-refractivity contribution in [3.05, 3.63) is 53.6 Å². The summed E-state index contributed by atoms with van der Waals surface area (Å²) < 4.78 is 0. The molecule has 0 heterocycles. The van der Waals surface area contributed by atoms with E-state index in [9.17, 15) is 14.7 Å². The Morgan fingerprint density at radius 3 is 2.30 bits per heavy atom. The van der Waals surface area contributed by atoms with E-state index in [1.54, 1.807) is 0 Å². The number of carboxylic acids is 2. The van der Waals surface area contributed by atoms with Crippen molar-refractivity contribution in [2.45, 2.75) is 23.1 Å². The summed E-state index contributed by atoms with van der Waals surface area (Å²) >= 11 is 1.23. The second kappa shape index (κ2) is 7.69.